The van der Waals surface area contributed by atoms with E-state index in [2.05, 4.69) is 10.0 Å². The first-order chi connectivity index (χ1) is 13.1. The van der Waals surface area contributed by atoms with Gasteiger partial charge in [-0.2, -0.15) is 13.2 Å². The fourth-order valence-electron chi connectivity index (χ4n) is 2.08. The minimum absolute atomic E-state index is 0.0900. The number of halogens is 3. The van der Waals surface area contributed by atoms with Gasteiger partial charge in [0.1, 0.15) is 0 Å². The predicted octanol–water partition coefficient (Wildman–Crippen LogP) is 3.90. The van der Waals surface area contributed by atoms with Crippen LogP contribution in [0.1, 0.15) is 5.56 Å². The number of hydrogen-bond acceptors (Lipinski definition) is 4. The van der Waals surface area contributed by atoms with Crippen molar-refractivity contribution in [3.05, 3.63) is 60.2 Å². The molecular formula is C18H17F3N2O3S2. The van der Waals surface area contributed by atoms with Gasteiger partial charge in [0.2, 0.25) is 15.9 Å². The van der Waals surface area contributed by atoms with Crippen molar-refractivity contribution in [3.63, 3.8) is 0 Å². The SMILES string of the molecule is CNS(=O)(=O)c1ccc(/C=C/C(=O)Nc2ccccc2SCC(F)(F)F)cc1. The summed E-state index contributed by atoms with van der Waals surface area (Å²) in [5.74, 6) is -1.58. The zero-order valence-corrected chi connectivity index (χ0v) is 16.3. The lowest BCUT2D eigenvalue weighted by Gasteiger charge is -2.10. The summed E-state index contributed by atoms with van der Waals surface area (Å²) in [6.45, 7) is 0. The highest BCUT2D eigenvalue weighted by Gasteiger charge is 2.27. The summed E-state index contributed by atoms with van der Waals surface area (Å²) in [4.78, 5) is 12.5. The molecule has 0 saturated heterocycles. The van der Waals surface area contributed by atoms with Gasteiger partial charge in [-0.25, -0.2) is 13.1 Å². The molecular weight excluding hydrogens is 413 g/mol. The lowest BCUT2D eigenvalue weighted by atomic mass is 10.2. The number of sulfonamides is 1. The van der Waals surface area contributed by atoms with Crippen LogP contribution in [0.4, 0.5) is 18.9 Å². The Hall–Kier alpha value is -2.30. The first-order valence-corrected chi connectivity index (χ1v) is 10.4. The molecule has 150 valence electrons. The van der Waals surface area contributed by atoms with E-state index in [0.29, 0.717) is 22.2 Å². The number of thioether (sulfide) groups is 1. The number of alkyl halides is 3. The molecule has 0 bridgehead atoms. The molecule has 0 fully saturated rings. The molecule has 0 aliphatic carbocycles. The number of para-hydroxylation sites is 1. The Morgan fingerprint density at radius 1 is 1.11 bits per heavy atom. The summed E-state index contributed by atoms with van der Waals surface area (Å²) in [5.41, 5.74) is 0.867. The second-order valence-electron chi connectivity index (χ2n) is 5.50. The molecule has 2 N–H and O–H groups in total. The van der Waals surface area contributed by atoms with Crippen molar-refractivity contribution in [1.82, 2.24) is 4.72 Å². The van der Waals surface area contributed by atoms with Crippen LogP contribution in [0.5, 0.6) is 0 Å². The molecule has 1 amide bonds. The van der Waals surface area contributed by atoms with Gasteiger partial charge < -0.3 is 5.32 Å². The molecule has 0 atom stereocenters. The summed E-state index contributed by atoms with van der Waals surface area (Å²) >= 11 is 0.590. The first-order valence-electron chi connectivity index (χ1n) is 7.92. The average molecular weight is 430 g/mol. The Morgan fingerprint density at radius 3 is 2.36 bits per heavy atom. The second kappa shape index (κ2) is 9.26. The number of amides is 1. The molecule has 0 radical (unpaired) electrons. The van der Waals surface area contributed by atoms with Gasteiger partial charge >= 0.3 is 6.18 Å². The van der Waals surface area contributed by atoms with Gasteiger partial charge in [0.15, 0.2) is 0 Å². The molecule has 0 heterocycles. The number of rotatable bonds is 7. The van der Waals surface area contributed by atoms with Crippen LogP contribution in [0, 0.1) is 0 Å². The highest BCUT2D eigenvalue weighted by Crippen LogP contribution is 2.32. The summed E-state index contributed by atoms with van der Waals surface area (Å²) < 4.78 is 62.7. The van der Waals surface area contributed by atoms with E-state index in [1.165, 1.54) is 55.6 Å². The van der Waals surface area contributed by atoms with Crippen LogP contribution in [-0.2, 0) is 14.8 Å². The van der Waals surface area contributed by atoms with Crippen LogP contribution in [-0.4, -0.2) is 33.3 Å². The molecule has 5 nitrogen and oxygen atoms in total. The second-order valence-corrected chi connectivity index (χ2v) is 8.40. The number of carbonyl (C=O) groups excluding carboxylic acids is 1. The fraction of sp³-hybridized carbons (Fsp3) is 0.167. The number of hydrogen-bond donors (Lipinski definition) is 2. The molecule has 2 aromatic carbocycles. The largest absolute Gasteiger partial charge is 0.398 e. The third kappa shape index (κ3) is 6.70. The van der Waals surface area contributed by atoms with E-state index in [4.69, 9.17) is 0 Å². The van der Waals surface area contributed by atoms with Gasteiger partial charge in [-0.15, -0.1) is 11.8 Å². The van der Waals surface area contributed by atoms with E-state index in [1.54, 1.807) is 12.1 Å². The monoisotopic (exact) mass is 430 g/mol. The standard InChI is InChI=1S/C18H17F3N2O3S2/c1-22-28(25,26)14-9-6-13(7-10-14)8-11-17(24)23-15-4-2-3-5-16(15)27-12-18(19,20)21/h2-11,22H,12H2,1H3,(H,23,24)/b11-8+. The predicted molar refractivity (Wildman–Crippen MR) is 104 cm³/mol. The quantitative estimate of drug-likeness (QED) is 0.516. The van der Waals surface area contributed by atoms with E-state index in [9.17, 15) is 26.4 Å². The van der Waals surface area contributed by atoms with Crippen LogP contribution in [0.3, 0.4) is 0 Å². The summed E-state index contributed by atoms with van der Waals surface area (Å²) in [5, 5.41) is 2.54. The Bertz CT molecular complexity index is 957. The van der Waals surface area contributed by atoms with E-state index in [0.717, 1.165) is 0 Å². The van der Waals surface area contributed by atoms with Crippen molar-refractivity contribution < 1.29 is 26.4 Å². The maximum atomic E-state index is 12.4. The topological polar surface area (TPSA) is 75.3 Å². The minimum Gasteiger partial charge on any atom is -0.321 e. The Kier molecular flexibility index (Phi) is 7.28. The van der Waals surface area contributed by atoms with Gasteiger partial charge in [-0.3, -0.25) is 4.79 Å². The van der Waals surface area contributed by atoms with Crippen LogP contribution in [0.2, 0.25) is 0 Å². The Morgan fingerprint density at radius 2 is 1.75 bits per heavy atom. The molecule has 0 aromatic heterocycles. The van der Waals surface area contributed by atoms with E-state index >= 15 is 0 Å². The maximum Gasteiger partial charge on any atom is 0.398 e. The van der Waals surface area contributed by atoms with Crippen molar-refractivity contribution in [3.8, 4) is 0 Å². The van der Waals surface area contributed by atoms with Crippen LogP contribution < -0.4 is 10.0 Å². The normalized spacial score (nSPS) is 12.3. The smallest absolute Gasteiger partial charge is 0.321 e. The zero-order valence-electron chi connectivity index (χ0n) is 14.7. The van der Waals surface area contributed by atoms with Gasteiger partial charge in [0.05, 0.1) is 16.3 Å². The highest BCUT2D eigenvalue weighted by atomic mass is 32.2. The van der Waals surface area contributed by atoms with E-state index in [-0.39, 0.29) is 10.6 Å². The molecule has 10 heteroatoms. The fourth-order valence-corrected chi connectivity index (χ4v) is 3.58. The Balaban J connectivity index is 2.04. The van der Waals surface area contributed by atoms with E-state index in [1.807, 2.05) is 0 Å². The lowest BCUT2D eigenvalue weighted by Crippen LogP contribution is -2.18. The molecule has 28 heavy (non-hydrogen) atoms. The van der Waals surface area contributed by atoms with Gasteiger partial charge in [0, 0.05) is 11.0 Å². The molecule has 0 aliphatic rings. The molecule has 2 rings (SSSR count). The summed E-state index contributed by atoms with van der Waals surface area (Å²) in [6.07, 6.45) is -1.63. The van der Waals surface area contributed by atoms with Crippen molar-refractivity contribution >= 4 is 39.5 Å². The zero-order chi connectivity index (χ0) is 20.8. The average Bonchev–Trinajstić information content (AvgIpc) is 2.65. The third-order valence-electron chi connectivity index (χ3n) is 3.42. The molecule has 0 aliphatic heterocycles. The maximum absolute atomic E-state index is 12.4. The first kappa shape index (κ1) is 22.0. The minimum atomic E-state index is -4.31. The van der Waals surface area contributed by atoms with Crippen LogP contribution >= 0.6 is 11.8 Å². The molecule has 0 unspecified atom stereocenters. The highest BCUT2D eigenvalue weighted by molar-refractivity contribution is 7.99. The number of benzene rings is 2. The van der Waals surface area contributed by atoms with Gasteiger partial charge in [-0.05, 0) is 43.0 Å². The van der Waals surface area contributed by atoms with E-state index < -0.39 is 27.9 Å². The van der Waals surface area contributed by atoms with Crippen molar-refractivity contribution in [2.75, 3.05) is 18.1 Å². The van der Waals surface area contributed by atoms with Crippen molar-refractivity contribution in [2.45, 2.75) is 16.0 Å². The summed E-state index contributed by atoms with van der Waals surface area (Å²) in [6, 6.07) is 12.1. The third-order valence-corrected chi connectivity index (χ3v) is 5.99. The van der Waals surface area contributed by atoms with Crippen molar-refractivity contribution in [2.24, 2.45) is 0 Å². The van der Waals surface area contributed by atoms with Gasteiger partial charge in [-0.1, -0.05) is 24.3 Å². The van der Waals surface area contributed by atoms with Crippen LogP contribution in [0.15, 0.2) is 64.4 Å². The molecule has 2 aromatic rings. The lowest BCUT2D eigenvalue weighted by molar-refractivity contribution is -0.112. The van der Waals surface area contributed by atoms with Gasteiger partial charge in [0.25, 0.3) is 0 Å². The summed E-state index contributed by atoms with van der Waals surface area (Å²) in [7, 11) is -2.24. The number of nitrogens with one attached hydrogen (secondary N) is 2. The van der Waals surface area contributed by atoms with Crippen molar-refractivity contribution in [1.29, 1.82) is 0 Å². The number of anilines is 1. The van der Waals surface area contributed by atoms with Crippen LogP contribution in [0.25, 0.3) is 6.08 Å². The molecule has 0 saturated carbocycles. The Labute approximate surface area is 165 Å². The number of carbonyl (C=O) groups is 1. The molecule has 0 spiro atoms.